The molecule has 2 aliphatic rings. The number of fused-ring (bicyclic) bond motifs is 8. The maximum atomic E-state index is 6.95. The van der Waals surface area contributed by atoms with Crippen molar-refractivity contribution < 1.29 is 9.15 Å². The zero-order valence-corrected chi connectivity index (χ0v) is 32.2. The van der Waals surface area contributed by atoms with Crippen LogP contribution in [-0.2, 0) is 5.41 Å². The standard InChI is InChI=1S/C55H37NO2/c1-55(2)44-30-26-36(34-14-5-3-6-15-34)32-43(44)53-45(55)21-12-22-46(53)56(47-23-13-25-49-54(47)42-18-9-10-24-48(42)57-49)37-27-28-39-41-20-11-19-40-38(35-16-7-4-8-17-35)29-31-50(52(40)41)58-51(39)33-37/h3-33H,1-2H3. The monoisotopic (exact) mass is 743 g/mol. The van der Waals surface area contributed by atoms with E-state index >= 15 is 0 Å². The average molecular weight is 744 g/mol. The fraction of sp³-hybridized carbons (Fsp3) is 0.0545. The first-order chi connectivity index (χ1) is 28.5. The highest BCUT2D eigenvalue weighted by Gasteiger charge is 2.38. The molecule has 2 heterocycles. The van der Waals surface area contributed by atoms with E-state index in [9.17, 15) is 0 Å². The quantitative estimate of drug-likeness (QED) is 0.176. The van der Waals surface area contributed by atoms with Crippen LogP contribution in [0, 0.1) is 0 Å². The predicted octanol–water partition coefficient (Wildman–Crippen LogP) is 15.6. The molecule has 3 heteroatoms. The maximum absolute atomic E-state index is 6.95. The van der Waals surface area contributed by atoms with Crippen LogP contribution in [0.5, 0.6) is 11.5 Å². The van der Waals surface area contributed by atoms with E-state index in [-0.39, 0.29) is 5.41 Å². The Hall–Kier alpha value is -7.36. The zero-order valence-electron chi connectivity index (χ0n) is 32.2. The van der Waals surface area contributed by atoms with Gasteiger partial charge in [-0.05, 0) is 98.4 Å². The Morgan fingerprint density at radius 3 is 1.98 bits per heavy atom. The third-order valence-electron chi connectivity index (χ3n) is 12.5. The molecule has 274 valence electrons. The Morgan fingerprint density at radius 1 is 0.414 bits per heavy atom. The smallest absolute Gasteiger partial charge is 0.137 e. The second-order valence-electron chi connectivity index (χ2n) is 16.0. The maximum Gasteiger partial charge on any atom is 0.137 e. The van der Waals surface area contributed by atoms with Crippen LogP contribution in [0.4, 0.5) is 17.1 Å². The minimum atomic E-state index is -0.199. The number of para-hydroxylation sites is 1. The number of hydrogen-bond donors (Lipinski definition) is 0. The van der Waals surface area contributed by atoms with Crippen LogP contribution in [0.2, 0.25) is 0 Å². The number of nitrogens with zero attached hydrogens (tertiary/aromatic N) is 1. The number of hydrogen-bond acceptors (Lipinski definition) is 3. The summed E-state index contributed by atoms with van der Waals surface area (Å²) in [7, 11) is 0. The summed E-state index contributed by atoms with van der Waals surface area (Å²) in [6.45, 7) is 4.71. The van der Waals surface area contributed by atoms with Crippen LogP contribution in [0.1, 0.15) is 25.0 Å². The molecule has 10 aromatic rings. The molecule has 1 aliphatic carbocycles. The van der Waals surface area contributed by atoms with E-state index < -0.39 is 0 Å². The van der Waals surface area contributed by atoms with Crippen molar-refractivity contribution in [1.82, 2.24) is 0 Å². The van der Waals surface area contributed by atoms with Gasteiger partial charge in [-0.3, -0.25) is 0 Å². The second kappa shape index (κ2) is 12.3. The molecule has 0 spiro atoms. The molecule has 1 aliphatic heterocycles. The van der Waals surface area contributed by atoms with Gasteiger partial charge in [-0.2, -0.15) is 0 Å². The van der Waals surface area contributed by atoms with Crippen LogP contribution in [-0.4, -0.2) is 0 Å². The normalized spacial score (nSPS) is 13.3. The van der Waals surface area contributed by atoms with Crippen LogP contribution < -0.4 is 9.64 Å². The van der Waals surface area contributed by atoms with Gasteiger partial charge in [0, 0.05) is 39.1 Å². The van der Waals surface area contributed by atoms with Crippen molar-refractivity contribution in [2.75, 3.05) is 4.90 Å². The van der Waals surface area contributed by atoms with Gasteiger partial charge in [0.2, 0.25) is 0 Å². The van der Waals surface area contributed by atoms with Gasteiger partial charge in [-0.25, -0.2) is 0 Å². The van der Waals surface area contributed by atoms with E-state index in [4.69, 9.17) is 9.15 Å². The molecule has 0 amide bonds. The summed E-state index contributed by atoms with van der Waals surface area (Å²) in [6, 6.07) is 67.6. The Bertz CT molecular complexity index is 3280. The molecule has 0 bridgehead atoms. The van der Waals surface area contributed by atoms with Gasteiger partial charge in [0.25, 0.3) is 0 Å². The Balaban J connectivity index is 1.10. The highest BCUT2D eigenvalue weighted by Crippen LogP contribution is 2.57. The van der Waals surface area contributed by atoms with Gasteiger partial charge in [0.05, 0.1) is 16.8 Å². The first-order valence-electron chi connectivity index (χ1n) is 20.0. The first-order valence-corrected chi connectivity index (χ1v) is 20.0. The number of furan rings is 1. The molecule has 0 atom stereocenters. The summed E-state index contributed by atoms with van der Waals surface area (Å²) >= 11 is 0. The average Bonchev–Trinajstić information content (AvgIpc) is 3.77. The topological polar surface area (TPSA) is 25.6 Å². The fourth-order valence-electron chi connectivity index (χ4n) is 9.76. The highest BCUT2D eigenvalue weighted by molar-refractivity contribution is 6.15. The summed E-state index contributed by atoms with van der Waals surface area (Å²) in [5.41, 5.74) is 16.9. The van der Waals surface area contributed by atoms with Gasteiger partial charge < -0.3 is 14.1 Å². The summed E-state index contributed by atoms with van der Waals surface area (Å²) in [4.78, 5) is 2.43. The number of rotatable bonds is 5. The lowest BCUT2D eigenvalue weighted by Gasteiger charge is -2.30. The molecule has 3 nitrogen and oxygen atoms in total. The molecule has 0 fully saturated rings. The summed E-state index contributed by atoms with van der Waals surface area (Å²) in [6.07, 6.45) is 0. The fourth-order valence-corrected chi connectivity index (χ4v) is 9.76. The molecule has 12 rings (SSSR count). The molecular formula is C55H37NO2. The van der Waals surface area contributed by atoms with E-state index in [1.165, 1.54) is 55.5 Å². The summed E-state index contributed by atoms with van der Waals surface area (Å²) in [5.74, 6) is 1.70. The van der Waals surface area contributed by atoms with Crippen molar-refractivity contribution in [3.8, 4) is 56.0 Å². The number of anilines is 3. The van der Waals surface area contributed by atoms with E-state index in [0.717, 1.165) is 61.4 Å². The molecule has 0 saturated heterocycles. The Labute approximate surface area is 337 Å². The van der Waals surface area contributed by atoms with Gasteiger partial charge >= 0.3 is 0 Å². The van der Waals surface area contributed by atoms with E-state index in [2.05, 4.69) is 201 Å². The lowest BCUT2D eigenvalue weighted by molar-refractivity contribution is 0.487. The largest absolute Gasteiger partial charge is 0.456 e. The molecule has 0 radical (unpaired) electrons. The molecule has 58 heavy (non-hydrogen) atoms. The van der Waals surface area contributed by atoms with Crippen molar-refractivity contribution in [2.45, 2.75) is 19.3 Å². The Kier molecular flexibility index (Phi) is 6.98. The highest BCUT2D eigenvalue weighted by atomic mass is 16.5. The zero-order chi connectivity index (χ0) is 38.5. The number of benzene rings is 9. The second-order valence-corrected chi connectivity index (χ2v) is 16.0. The third-order valence-corrected chi connectivity index (χ3v) is 12.5. The van der Waals surface area contributed by atoms with Crippen molar-refractivity contribution >= 4 is 49.8 Å². The summed E-state index contributed by atoms with van der Waals surface area (Å²) in [5, 5.41) is 4.49. The van der Waals surface area contributed by atoms with E-state index in [1.807, 2.05) is 6.07 Å². The van der Waals surface area contributed by atoms with Crippen LogP contribution >= 0.6 is 0 Å². The van der Waals surface area contributed by atoms with Crippen LogP contribution in [0.3, 0.4) is 0 Å². The minimum absolute atomic E-state index is 0.199. The molecule has 0 N–H and O–H groups in total. The van der Waals surface area contributed by atoms with Gasteiger partial charge in [-0.15, -0.1) is 0 Å². The molecule has 0 saturated carbocycles. The molecular weight excluding hydrogens is 707 g/mol. The van der Waals surface area contributed by atoms with Crippen molar-refractivity contribution in [3.63, 3.8) is 0 Å². The molecule has 9 aromatic carbocycles. The van der Waals surface area contributed by atoms with Crippen LogP contribution in [0.25, 0.3) is 77.2 Å². The van der Waals surface area contributed by atoms with Crippen molar-refractivity contribution in [1.29, 1.82) is 0 Å². The summed E-state index contributed by atoms with van der Waals surface area (Å²) < 4.78 is 13.5. The van der Waals surface area contributed by atoms with Crippen LogP contribution in [0.15, 0.2) is 192 Å². The van der Waals surface area contributed by atoms with E-state index in [1.54, 1.807) is 0 Å². The lowest BCUT2D eigenvalue weighted by atomic mass is 9.82. The molecule has 0 unspecified atom stereocenters. The SMILES string of the molecule is CC1(C)c2ccc(-c3ccccc3)cc2-c2c(N(c3ccc4c(c3)Oc3ccc(-c5ccccc5)c5cccc-4c35)c3cccc4oc5ccccc5c34)cccc21. The van der Waals surface area contributed by atoms with Gasteiger partial charge in [0.1, 0.15) is 22.7 Å². The molecule has 1 aromatic heterocycles. The number of ether oxygens (including phenoxy) is 1. The van der Waals surface area contributed by atoms with Gasteiger partial charge in [0.15, 0.2) is 0 Å². The lowest BCUT2D eigenvalue weighted by Crippen LogP contribution is -2.16. The minimum Gasteiger partial charge on any atom is -0.456 e. The Morgan fingerprint density at radius 2 is 1.12 bits per heavy atom. The van der Waals surface area contributed by atoms with E-state index in [0.29, 0.717) is 0 Å². The third kappa shape index (κ3) is 4.74. The van der Waals surface area contributed by atoms with Crippen molar-refractivity contribution in [2.24, 2.45) is 0 Å². The predicted molar refractivity (Wildman–Crippen MR) is 240 cm³/mol. The van der Waals surface area contributed by atoms with Crippen molar-refractivity contribution in [3.05, 3.63) is 199 Å². The first kappa shape index (κ1) is 32.8. The van der Waals surface area contributed by atoms with Gasteiger partial charge in [-0.1, -0.05) is 147 Å².